The summed E-state index contributed by atoms with van der Waals surface area (Å²) in [5.74, 6) is 1.58. The molecule has 0 aliphatic carbocycles. The molecule has 3 heterocycles. The average Bonchev–Trinajstić information content (AvgIpc) is 3.30. The molecule has 1 N–H and O–H groups in total. The number of likely N-dealkylation sites (tertiary alicyclic amines) is 1. The SMILES string of the molecule is O=C(CN1CC(c2nc(-c3cccs3)no2)C1)NCCc1ccccc1. The van der Waals surface area contributed by atoms with Gasteiger partial charge < -0.3 is 9.84 Å². The number of hydrogen-bond acceptors (Lipinski definition) is 6. The average molecular weight is 368 g/mol. The molecule has 2 aromatic heterocycles. The quantitative estimate of drug-likeness (QED) is 0.694. The summed E-state index contributed by atoms with van der Waals surface area (Å²) in [7, 11) is 0. The minimum absolute atomic E-state index is 0.0594. The summed E-state index contributed by atoms with van der Waals surface area (Å²) in [5, 5.41) is 9.01. The first-order valence-electron chi connectivity index (χ1n) is 8.68. The maximum Gasteiger partial charge on any atom is 0.234 e. The van der Waals surface area contributed by atoms with Crippen molar-refractivity contribution in [2.45, 2.75) is 12.3 Å². The van der Waals surface area contributed by atoms with Crippen LogP contribution in [0.5, 0.6) is 0 Å². The molecule has 134 valence electrons. The van der Waals surface area contributed by atoms with E-state index < -0.39 is 0 Å². The second-order valence-electron chi connectivity index (χ2n) is 6.41. The van der Waals surface area contributed by atoms with Crippen molar-refractivity contribution in [1.29, 1.82) is 0 Å². The molecule has 0 atom stereocenters. The van der Waals surface area contributed by atoms with Crippen LogP contribution in [0.25, 0.3) is 10.7 Å². The monoisotopic (exact) mass is 368 g/mol. The van der Waals surface area contributed by atoms with Gasteiger partial charge in [-0.1, -0.05) is 41.6 Å². The molecule has 26 heavy (non-hydrogen) atoms. The Balaban J connectivity index is 1.18. The first-order chi connectivity index (χ1) is 12.8. The van der Waals surface area contributed by atoms with Crippen molar-refractivity contribution in [2.75, 3.05) is 26.2 Å². The Kier molecular flexibility index (Phi) is 5.08. The Hall–Kier alpha value is -2.51. The summed E-state index contributed by atoms with van der Waals surface area (Å²) >= 11 is 1.59. The third-order valence-electron chi connectivity index (χ3n) is 4.44. The van der Waals surface area contributed by atoms with E-state index in [9.17, 15) is 4.79 Å². The molecule has 6 nitrogen and oxygen atoms in total. The lowest BCUT2D eigenvalue weighted by molar-refractivity contribution is -0.123. The van der Waals surface area contributed by atoms with Gasteiger partial charge in [0.15, 0.2) is 0 Å². The fourth-order valence-corrected chi connectivity index (χ4v) is 3.66. The van der Waals surface area contributed by atoms with Gasteiger partial charge in [-0.15, -0.1) is 11.3 Å². The van der Waals surface area contributed by atoms with Crippen LogP contribution in [0.15, 0.2) is 52.4 Å². The van der Waals surface area contributed by atoms with Crippen molar-refractivity contribution in [3.05, 3.63) is 59.3 Å². The third-order valence-corrected chi connectivity index (χ3v) is 5.30. The largest absolute Gasteiger partial charge is 0.355 e. The van der Waals surface area contributed by atoms with E-state index in [1.165, 1.54) is 5.56 Å². The van der Waals surface area contributed by atoms with Crippen LogP contribution in [0.2, 0.25) is 0 Å². The highest BCUT2D eigenvalue weighted by Gasteiger charge is 2.33. The molecule has 4 rings (SSSR count). The summed E-state index contributed by atoms with van der Waals surface area (Å²) < 4.78 is 5.38. The van der Waals surface area contributed by atoms with E-state index in [-0.39, 0.29) is 11.8 Å². The predicted octanol–water partition coefficient (Wildman–Crippen LogP) is 2.56. The molecule has 0 saturated carbocycles. The van der Waals surface area contributed by atoms with Gasteiger partial charge in [0.2, 0.25) is 17.6 Å². The van der Waals surface area contributed by atoms with Crippen LogP contribution in [0.3, 0.4) is 0 Å². The first kappa shape index (κ1) is 16.9. The van der Waals surface area contributed by atoms with Crippen LogP contribution >= 0.6 is 11.3 Å². The summed E-state index contributed by atoms with van der Waals surface area (Å²) in [6.45, 7) is 2.63. The Labute approximate surface area is 155 Å². The summed E-state index contributed by atoms with van der Waals surface area (Å²) in [4.78, 5) is 19.6. The zero-order valence-electron chi connectivity index (χ0n) is 14.3. The molecule has 1 fully saturated rings. The number of nitrogens with zero attached hydrogens (tertiary/aromatic N) is 3. The number of aromatic nitrogens is 2. The molecule has 1 aliphatic heterocycles. The number of amides is 1. The van der Waals surface area contributed by atoms with E-state index in [2.05, 4.69) is 32.5 Å². The van der Waals surface area contributed by atoms with Crippen LogP contribution in [-0.2, 0) is 11.2 Å². The lowest BCUT2D eigenvalue weighted by Gasteiger charge is -2.36. The van der Waals surface area contributed by atoms with Gasteiger partial charge >= 0.3 is 0 Å². The number of benzene rings is 1. The number of rotatable bonds is 7. The summed E-state index contributed by atoms with van der Waals surface area (Å²) in [5.41, 5.74) is 1.23. The zero-order chi connectivity index (χ0) is 17.8. The molecule has 0 unspecified atom stereocenters. The maximum atomic E-state index is 12.0. The Morgan fingerprint density at radius 1 is 1.23 bits per heavy atom. The number of thiophene rings is 1. The molecular weight excluding hydrogens is 348 g/mol. The fourth-order valence-electron chi connectivity index (χ4n) is 3.01. The second kappa shape index (κ2) is 7.80. The lowest BCUT2D eigenvalue weighted by Crippen LogP contribution is -2.49. The Morgan fingerprint density at radius 3 is 2.85 bits per heavy atom. The molecular formula is C19H20N4O2S. The van der Waals surface area contributed by atoms with Crippen molar-refractivity contribution in [3.8, 4) is 10.7 Å². The minimum atomic E-state index is 0.0594. The topological polar surface area (TPSA) is 71.3 Å². The normalized spacial score (nSPS) is 14.9. The van der Waals surface area contributed by atoms with Crippen LogP contribution in [0.4, 0.5) is 0 Å². The van der Waals surface area contributed by atoms with Crippen molar-refractivity contribution in [3.63, 3.8) is 0 Å². The molecule has 3 aromatic rings. The molecule has 1 aliphatic rings. The third kappa shape index (κ3) is 4.00. The highest BCUT2D eigenvalue weighted by molar-refractivity contribution is 7.13. The standard InChI is InChI=1S/C19H20N4O2S/c24-17(20-9-8-14-5-2-1-3-6-14)13-23-11-15(12-23)19-21-18(22-25-19)16-7-4-10-26-16/h1-7,10,15H,8-9,11-13H2,(H,20,24). The number of nitrogens with one attached hydrogen (secondary N) is 1. The van der Waals surface area contributed by atoms with Crippen LogP contribution in [0, 0.1) is 0 Å². The van der Waals surface area contributed by atoms with Gasteiger partial charge in [-0.25, -0.2) is 0 Å². The van der Waals surface area contributed by atoms with Crippen LogP contribution in [-0.4, -0.2) is 47.1 Å². The predicted molar refractivity (Wildman–Crippen MR) is 99.9 cm³/mol. The van der Waals surface area contributed by atoms with Gasteiger partial charge in [0.05, 0.1) is 17.3 Å². The van der Waals surface area contributed by atoms with E-state index in [0.29, 0.717) is 24.8 Å². The molecule has 0 radical (unpaired) electrons. The van der Waals surface area contributed by atoms with Gasteiger partial charge in [0.25, 0.3) is 0 Å². The maximum absolute atomic E-state index is 12.0. The number of carbonyl (C=O) groups excluding carboxylic acids is 1. The van der Waals surface area contributed by atoms with Gasteiger partial charge in [0.1, 0.15) is 0 Å². The zero-order valence-corrected chi connectivity index (χ0v) is 15.1. The van der Waals surface area contributed by atoms with Crippen molar-refractivity contribution in [2.24, 2.45) is 0 Å². The Bertz CT molecular complexity index is 842. The highest BCUT2D eigenvalue weighted by Crippen LogP contribution is 2.28. The van der Waals surface area contributed by atoms with Gasteiger partial charge in [0, 0.05) is 19.6 Å². The molecule has 7 heteroatoms. The smallest absolute Gasteiger partial charge is 0.234 e. The molecule has 0 bridgehead atoms. The Morgan fingerprint density at radius 2 is 2.08 bits per heavy atom. The van der Waals surface area contributed by atoms with Crippen LogP contribution < -0.4 is 5.32 Å². The van der Waals surface area contributed by atoms with E-state index in [4.69, 9.17) is 4.52 Å². The van der Waals surface area contributed by atoms with E-state index in [0.717, 1.165) is 24.4 Å². The lowest BCUT2D eigenvalue weighted by atomic mass is 10.0. The first-order valence-corrected chi connectivity index (χ1v) is 9.56. The summed E-state index contributed by atoms with van der Waals surface area (Å²) in [6.07, 6.45) is 0.850. The fraction of sp³-hybridized carbons (Fsp3) is 0.316. The molecule has 1 aromatic carbocycles. The number of hydrogen-bond donors (Lipinski definition) is 1. The van der Waals surface area contributed by atoms with Gasteiger partial charge in [-0.3, -0.25) is 9.69 Å². The van der Waals surface area contributed by atoms with Crippen molar-refractivity contribution in [1.82, 2.24) is 20.4 Å². The van der Waals surface area contributed by atoms with E-state index in [1.807, 2.05) is 35.7 Å². The summed E-state index contributed by atoms with van der Waals surface area (Å²) in [6, 6.07) is 14.1. The second-order valence-corrected chi connectivity index (χ2v) is 7.36. The number of carbonyl (C=O) groups is 1. The molecule has 1 saturated heterocycles. The van der Waals surface area contributed by atoms with Gasteiger partial charge in [-0.05, 0) is 23.4 Å². The molecule has 1 amide bonds. The van der Waals surface area contributed by atoms with Crippen molar-refractivity contribution < 1.29 is 9.32 Å². The van der Waals surface area contributed by atoms with Crippen LogP contribution in [0.1, 0.15) is 17.4 Å². The highest BCUT2D eigenvalue weighted by atomic mass is 32.1. The minimum Gasteiger partial charge on any atom is -0.355 e. The van der Waals surface area contributed by atoms with Gasteiger partial charge in [-0.2, -0.15) is 4.98 Å². The van der Waals surface area contributed by atoms with Crippen molar-refractivity contribution >= 4 is 17.2 Å². The molecule has 0 spiro atoms. The van der Waals surface area contributed by atoms with E-state index in [1.54, 1.807) is 11.3 Å². The van der Waals surface area contributed by atoms with E-state index >= 15 is 0 Å².